The number of anilines is 1. The first kappa shape index (κ1) is 14.8. The third kappa shape index (κ3) is 3.06. The number of hydrogen-bond donors (Lipinski definition) is 1. The lowest BCUT2D eigenvalue weighted by molar-refractivity contribution is 0.289. The molecule has 3 rings (SSSR count). The fourth-order valence-corrected chi connectivity index (χ4v) is 3.84. The molecule has 0 aliphatic heterocycles. The van der Waals surface area contributed by atoms with E-state index in [0.29, 0.717) is 12.6 Å². The van der Waals surface area contributed by atoms with Gasteiger partial charge in [0.25, 0.3) is 0 Å². The minimum absolute atomic E-state index is 0.169. The van der Waals surface area contributed by atoms with Crippen molar-refractivity contribution in [3.05, 3.63) is 34.9 Å². The predicted octanol–water partition coefficient (Wildman–Crippen LogP) is 4.13. The zero-order valence-electron chi connectivity index (χ0n) is 12.1. The Morgan fingerprint density at radius 1 is 1.14 bits per heavy atom. The van der Waals surface area contributed by atoms with Crippen LogP contribution in [0.4, 0.5) is 5.82 Å². The van der Waals surface area contributed by atoms with E-state index >= 15 is 0 Å². The van der Waals surface area contributed by atoms with Crippen LogP contribution in [0.1, 0.15) is 32.1 Å². The summed E-state index contributed by atoms with van der Waals surface area (Å²) in [5.74, 6) is 1.01. The van der Waals surface area contributed by atoms with Gasteiger partial charge in [-0.3, -0.25) is 0 Å². The molecule has 0 amide bonds. The van der Waals surface area contributed by atoms with E-state index in [2.05, 4.69) is 44.0 Å². The molecule has 1 fully saturated rings. The molecule has 4 heteroatoms. The molecule has 21 heavy (non-hydrogen) atoms. The molecule has 0 spiro atoms. The molecule has 1 saturated carbocycles. The van der Waals surface area contributed by atoms with Crippen LogP contribution in [-0.4, -0.2) is 29.3 Å². The fourth-order valence-electron chi connectivity index (χ4n) is 3.34. The first-order valence-corrected chi connectivity index (χ1v) is 8.51. The van der Waals surface area contributed by atoms with Gasteiger partial charge in [0.2, 0.25) is 0 Å². The van der Waals surface area contributed by atoms with Crippen LogP contribution in [0.2, 0.25) is 0 Å². The van der Waals surface area contributed by atoms with Gasteiger partial charge in [0, 0.05) is 34.0 Å². The molecule has 112 valence electrons. The molecule has 1 aromatic heterocycles. The van der Waals surface area contributed by atoms with Gasteiger partial charge < -0.3 is 10.0 Å². The lowest BCUT2D eigenvalue weighted by atomic mass is 9.94. The molecule has 0 radical (unpaired) electrons. The summed E-state index contributed by atoms with van der Waals surface area (Å²) in [6, 6.07) is 8.78. The summed E-state index contributed by atoms with van der Waals surface area (Å²) in [4.78, 5) is 6.95. The SMILES string of the molecule is OCCN(c1nccc2c(Br)cccc12)C1CCCCC1. The molecule has 0 bridgehead atoms. The molecule has 3 nitrogen and oxygen atoms in total. The lowest BCUT2D eigenvalue weighted by Crippen LogP contribution is -2.39. The van der Waals surface area contributed by atoms with Crippen LogP contribution < -0.4 is 4.90 Å². The van der Waals surface area contributed by atoms with Gasteiger partial charge in [-0.1, -0.05) is 47.3 Å². The zero-order valence-corrected chi connectivity index (χ0v) is 13.7. The first-order chi connectivity index (χ1) is 10.3. The number of aromatic nitrogens is 1. The van der Waals surface area contributed by atoms with E-state index in [1.54, 1.807) is 0 Å². The minimum Gasteiger partial charge on any atom is -0.395 e. The Morgan fingerprint density at radius 2 is 1.95 bits per heavy atom. The number of halogens is 1. The Bertz CT molecular complexity index is 611. The standard InChI is InChI=1S/C17H21BrN2O/c18-16-8-4-7-15-14(16)9-10-19-17(15)20(11-12-21)13-5-2-1-3-6-13/h4,7-10,13,21H,1-3,5-6,11-12H2. The highest BCUT2D eigenvalue weighted by atomic mass is 79.9. The van der Waals surface area contributed by atoms with Crippen molar-refractivity contribution in [1.29, 1.82) is 0 Å². The summed E-state index contributed by atoms with van der Waals surface area (Å²) in [6.45, 7) is 0.825. The van der Waals surface area contributed by atoms with E-state index in [0.717, 1.165) is 15.7 Å². The number of benzene rings is 1. The molecule has 1 aliphatic rings. The Hall–Kier alpha value is -1.13. The third-order valence-electron chi connectivity index (χ3n) is 4.36. The van der Waals surface area contributed by atoms with Gasteiger partial charge in [-0.15, -0.1) is 0 Å². The Labute approximate surface area is 134 Å². The van der Waals surface area contributed by atoms with Crippen molar-refractivity contribution in [3.63, 3.8) is 0 Å². The summed E-state index contributed by atoms with van der Waals surface area (Å²) in [5.41, 5.74) is 0. The molecular formula is C17H21BrN2O. The number of aliphatic hydroxyl groups excluding tert-OH is 1. The number of rotatable bonds is 4. The van der Waals surface area contributed by atoms with Crippen LogP contribution in [0.15, 0.2) is 34.9 Å². The summed E-state index contributed by atoms with van der Waals surface area (Å²) < 4.78 is 1.09. The van der Waals surface area contributed by atoms with Crippen LogP contribution in [0, 0.1) is 0 Å². The predicted molar refractivity (Wildman–Crippen MR) is 90.7 cm³/mol. The Kier molecular flexibility index (Phi) is 4.76. The van der Waals surface area contributed by atoms with Gasteiger partial charge in [-0.2, -0.15) is 0 Å². The Morgan fingerprint density at radius 3 is 2.71 bits per heavy atom. The fraction of sp³-hybridized carbons (Fsp3) is 0.471. The molecule has 0 atom stereocenters. The number of fused-ring (bicyclic) bond motifs is 1. The smallest absolute Gasteiger partial charge is 0.136 e. The zero-order chi connectivity index (χ0) is 14.7. The van der Waals surface area contributed by atoms with E-state index in [1.165, 1.54) is 37.5 Å². The van der Waals surface area contributed by atoms with Crippen molar-refractivity contribution in [3.8, 4) is 0 Å². The number of aliphatic hydroxyl groups is 1. The molecular weight excluding hydrogens is 328 g/mol. The second-order valence-electron chi connectivity index (χ2n) is 5.68. The maximum Gasteiger partial charge on any atom is 0.136 e. The van der Waals surface area contributed by atoms with Crippen molar-refractivity contribution < 1.29 is 5.11 Å². The molecule has 2 aromatic rings. The topological polar surface area (TPSA) is 36.4 Å². The number of nitrogens with zero attached hydrogens (tertiary/aromatic N) is 2. The number of hydrogen-bond acceptors (Lipinski definition) is 3. The van der Waals surface area contributed by atoms with Gasteiger partial charge in [-0.05, 0) is 25.0 Å². The third-order valence-corrected chi connectivity index (χ3v) is 5.05. The highest BCUT2D eigenvalue weighted by molar-refractivity contribution is 9.10. The molecule has 1 aliphatic carbocycles. The van der Waals surface area contributed by atoms with Crippen LogP contribution >= 0.6 is 15.9 Å². The van der Waals surface area contributed by atoms with Gasteiger partial charge in [0.1, 0.15) is 5.82 Å². The van der Waals surface area contributed by atoms with Crippen molar-refractivity contribution >= 4 is 32.5 Å². The summed E-state index contributed by atoms with van der Waals surface area (Å²) >= 11 is 3.62. The molecule has 1 aromatic carbocycles. The average Bonchev–Trinajstić information content (AvgIpc) is 2.54. The number of pyridine rings is 1. The van der Waals surface area contributed by atoms with Crippen LogP contribution in [0.25, 0.3) is 10.8 Å². The van der Waals surface area contributed by atoms with Gasteiger partial charge in [0.15, 0.2) is 0 Å². The monoisotopic (exact) mass is 348 g/mol. The second-order valence-corrected chi connectivity index (χ2v) is 6.53. The quantitative estimate of drug-likeness (QED) is 0.902. The minimum atomic E-state index is 0.169. The van der Waals surface area contributed by atoms with E-state index in [9.17, 15) is 5.11 Å². The lowest BCUT2D eigenvalue weighted by Gasteiger charge is -2.35. The van der Waals surface area contributed by atoms with Crippen molar-refractivity contribution in [1.82, 2.24) is 4.98 Å². The Balaban J connectivity index is 2.04. The average molecular weight is 349 g/mol. The van der Waals surface area contributed by atoms with Gasteiger partial charge >= 0.3 is 0 Å². The molecule has 1 heterocycles. The van der Waals surface area contributed by atoms with Crippen molar-refractivity contribution in [2.24, 2.45) is 0 Å². The van der Waals surface area contributed by atoms with Crippen molar-refractivity contribution in [2.45, 2.75) is 38.1 Å². The molecule has 0 saturated heterocycles. The molecule has 0 unspecified atom stereocenters. The maximum atomic E-state index is 9.48. The largest absolute Gasteiger partial charge is 0.395 e. The second kappa shape index (κ2) is 6.75. The normalized spacial score (nSPS) is 16.3. The van der Waals surface area contributed by atoms with Gasteiger partial charge in [0.05, 0.1) is 6.61 Å². The summed E-state index contributed by atoms with van der Waals surface area (Å²) in [7, 11) is 0. The van der Waals surface area contributed by atoms with Crippen molar-refractivity contribution in [2.75, 3.05) is 18.1 Å². The summed E-state index contributed by atoms with van der Waals surface area (Å²) in [6.07, 6.45) is 8.16. The molecule has 1 N–H and O–H groups in total. The van der Waals surface area contributed by atoms with E-state index in [-0.39, 0.29) is 6.61 Å². The van der Waals surface area contributed by atoms with E-state index in [1.807, 2.05) is 12.3 Å². The first-order valence-electron chi connectivity index (χ1n) is 7.72. The van der Waals surface area contributed by atoms with Crippen LogP contribution in [-0.2, 0) is 0 Å². The van der Waals surface area contributed by atoms with Gasteiger partial charge in [-0.25, -0.2) is 4.98 Å². The van der Waals surface area contributed by atoms with Crippen LogP contribution in [0.3, 0.4) is 0 Å². The van der Waals surface area contributed by atoms with E-state index in [4.69, 9.17) is 0 Å². The maximum absolute atomic E-state index is 9.48. The highest BCUT2D eigenvalue weighted by Crippen LogP contribution is 2.33. The van der Waals surface area contributed by atoms with E-state index < -0.39 is 0 Å². The highest BCUT2D eigenvalue weighted by Gasteiger charge is 2.23. The van der Waals surface area contributed by atoms with Crippen LogP contribution in [0.5, 0.6) is 0 Å². The summed E-state index contributed by atoms with van der Waals surface area (Å²) in [5, 5.41) is 11.8.